The quantitative estimate of drug-likeness (QED) is 0.748. The fourth-order valence-corrected chi connectivity index (χ4v) is 4.15. The van der Waals surface area contributed by atoms with E-state index in [1.54, 1.807) is 13.0 Å². The van der Waals surface area contributed by atoms with Gasteiger partial charge in [-0.25, -0.2) is 0 Å². The fraction of sp³-hybridized carbons (Fsp3) is 0.294. The second-order valence-corrected chi connectivity index (χ2v) is 8.29. The number of allylic oxidation sites excluding steroid dienone is 1. The molecule has 0 radical (unpaired) electrons. The van der Waals surface area contributed by atoms with Gasteiger partial charge in [0.15, 0.2) is 0 Å². The smallest absolute Gasteiger partial charge is 0.280 e. The molecule has 7 heteroatoms. The van der Waals surface area contributed by atoms with E-state index in [1.165, 1.54) is 22.9 Å². The van der Waals surface area contributed by atoms with Crippen molar-refractivity contribution in [2.75, 3.05) is 5.75 Å². The van der Waals surface area contributed by atoms with Gasteiger partial charge >= 0.3 is 10.1 Å². The van der Waals surface area contributed by atoms with Crippen molar-refractivity contribution in [1.82, 2.24) is 0 Å². The molecule has 1 unspecified atom stereocenters. The van der Waals surface area contributed by atoms with Gasteiger partial charge < -0.3 is 0 Å². The molecule has 0 bridgehead atoms. The minimum Gasteiger partial charge on any atom is -0.280 e. The lowest BCUT2D eigenvalue weighted by Crippen LogP contribution is -2.13. The van der Waals surface area contributed by atoms with Crippen LogP contribution in [0.1, 0.15) is 30.5 Å². The molecule has 2 heterocycles. The Morgan fingerprint density at radius 1 is 1.29 bits per heavy atom. The van der Waals surface area contributed by atoms with Crippen LogP contribution in [0.2, 0.25) is 0 Å². The lowest BCUT2D eigenvalue weighted by atomic mass is 9.92. The predicted octanol–water partition coefficient (Wildman–Crippen LogP) is 3.75. The van der Waals surface area contributed by atoms with Crippen molar-refractivity contribution in [1.29, 1.82) is 0 Å². The van der Waals surface area contributed by atoms with E-state index in [2.05, 4.69) is 29.2 Å². The fourth-order valence-electron chi connectivity index (χ4n) is 2.48. The van der Waals surface area contributed by atoms with Gasteiger partial charge in [-0.2, -0.15) is 8.42 Å². The topological polar surface area (TPSA) is 68.1 Å². The molecule has 5 nitrogen and oxygen atoms in total. The highest BCUT2D eigenvalue weighted by atomic mass is 32.2. The summed E-state index contributed by atoms with van der Waals surface area (Å²) in [6, 6.07) is 8.20. The van der Waals surface area contributed by atoms with Crippen LogP contribution in [0.25, 0.3) is 0 Å². The highest BCUT2D eigenvalue weighted by Crippen LogP contribution is 2.41. The SMILES string of the molecule is CCCS(=O)(=O)ON=C1C=CC(=C2C=NC2c2ccccc2C)S1. The second kappa shape index (κ2) is 6.94. The maximum absolute atomic E-state index is 11.5. The molecule has 0 fully saturated rings. The zero-order valence-electron chi connectivity index (χ0n) is 13.5. The first kappa shape index (κ1) is 17.0. The van der Waals surface area contributed by atoms with Crippen LogP contribution in [-0.4, -0.2) is 25.4 Å². The molecule has 24 heavy (non-hydrogen) atoms. The van der Waals surface area contributed by atoms with E-state index in [1.807, 2.05) is 24.4 Å². The molecule has 1 aromatic carbocycles. The van der Waals surface area contributed by atoms with Crippen LogP contribution in [0.15, 0.2) is 57.0 Å². The Morgan fingerprint density at radius 3 is 2.75 bits per heavy atom. The van der Waals surface area contributed by atoms with E-state index < -0.39 is 10.1 Å². The van der Waals surface area contributed by atoms with Crippen LogP contribution in [0.3, 0.4) is 0 Å². The molecular weight excluding hydrogens is 344 g/mol. The minimum atomic E-state index is -3.58. The molecule has 3 rings (SSSR count). The Morgan fingerprint density at radius 2 is 2.08 bits per heavy atom. The van der Waals surface area contributed by atoms with E-state index in [4.69, 9.17) is 4.28 Å². The summed E-state index contributed by atoms with van der Waals surface area (Å²) in [5.41, 5.74) is 3.50. The average Bonchev–Trinajstić information content (AvgIpc) is 2.95. The van der Waals surface area contributed by atoms with Crippen LogP contribution in [0.4, 0.5) is 0 Å². The summed E-state index contributed by atoms with van der Waals surface area (Å²) in [6.45, 7) is 3.85. The molecule has 1 aromatic rings. The van der Waals surface area contributed by atoms with E-state index >= 15 is 0 Å². The minimum absolute atomic E-state index is 0.0300. The number of hydrogen-bond acceptors (Lipinski definition) is 6. The van der Waals surface area contributed by atoms with Crippen LogP contribution in [0, 0.1) is 6.92 Å². The van der Waals surface area contributed by atoms with E-state index in [0.29, 0.717) is 11.5 Å². The van der Waals surface area contributed by atoms with Crippen molar-refractivity contribution in [2.24, 2.45) is 10.1 Å². The summed E-state index contributed by atoms with van der Waals surface area (Å²) in [4.78, 5) is 5.49. The Kier molecular flexibility index (Phi) is 4.91. The van der Waals surface area contributed by atoms with Gasteiger partial charge in [0.2, 0.25) is 0 Å². The van der Waals surface area contributed by atoms with Gasteiger partial charge in [-0.05, 0) is 36.6 Å². The van der Waals surface area contributed by atoms with Gasteiger partial charge in [0.25, 0.3) is 0 Å². The lowest BCUT2D eigenvalue weighted by molar-refractivity contribution is 0.340. The second-order valence-electron chi connectivity index (χ2n) is 5.56. The number of oxime groups is 1. The average molecular weight is 362 g/mol. The third-order valence-corrected chi connectivity index (χ3v) is 5.93. The first-order chi connectivity index (χ1) is 11.5. The number of rotatable bonds is 5. The zero-order chi connectivity index (χ0) is 17.2. The number of benzene rings is 1. The summed E-state index contributed by atoms with van der Waals surface area (Å²) >= 11 is 1.40. The third kappa shape index (κ3) is 3.62. The monoisotopic (exact) mass is 362 g/mol. The van der Waals surface area contributed by atoms with Crippen molar-refractivity contribution in [2.45, 2.75) is 26.3 Å². The molecule has 1 atom stereocenters. The van der Waals surface area contributed by atoms with Gasteiger partial charge in [-0.15, -0.1) is 0 Å². The maximum Gasteiger partial charge on any atom is 0.328 e. The van der Waals surface area contributed by atoms with Gasteiger partial charge in [0, 0.05) is 16.7 Å². The van der Waals surface area contributed by atoms with Crippen molar-refractivity contribution in [3.8, 4) is 0 Å². The lowest BCUT2D eigenvalue weighted by Gasteiger charge is -2.24. The molecule has 0 aliphatic carbocycles. The normalized spacial score (nSPS) is 24.4. The van der Waals surface area contributed by atoms with Crippen molar-refractivity contribution in [3.05, 3.63) is 58.0 Å². The number of aliphatic imine (C=N–C) groups is 1. The molecule has 0 aromatic heterocycles. The molecule has 0 amide bonds. The Hall–Kier alpha value is -1.86. The molecule has 2 aliphatic heterocycles. The van der Waals surface area contributed by atoms with Gasteiger partial charge in [0.05, 0.1) is 5.75 Å². The number of hydrogen-bond donors (Lipinski definition) is 0. The highest BCUT2D eigenvalue weighted by molar-refractivity contribution is 8.18. The Balaban J connectivity index is 1.74. The molecule has 0 N–H and O–H groups in total. The summed E-state index contributed by atoms with van der Waals surface area (Å²) in [7, 11) is -3.58. The van der Waals surface area contributed by atoms with Gasteiger partial charge in [-0.1, -0.05) is 48.1 Å². The standard InChI is InChI=1S/C17H18N2O3S2/c1-3-10-24(20,21)22-19-16-9-8-15(23-16)14-11-18-17(14)13-7-5-4-6-12(13)2/h4-9,11,17H,3,10H2,1-2H3. The zero-order valence-corrected chi connectivity index (χ0v) is 15.1. The summed E-state index contributed by atoms with van der Waals surface area (Å²) in [5.74, 6) is -0.0336. The molecule has 126 valence electrons. The molecule has 0 saturated heterocycles. The van der Waals surface area contributed by atoms with E-state index in [9.17, 15) is 8.42 Å². The first-order valence-corrected chi connectivity index (χ1v) is 10.1. The first-order valence-electron chi connectivity index (χ1n) is 7.68. The van der Waals surface area contributed by atoms with Crippen molar-refractivity contribution < 1.29 is 12.7 Å². The van der Waals surface area contributed by atoms with Gasteiger partial charge in [0.1, 0.15) is 11.1 Å². The largest absolute Gasteiger partial charge is 0.328 e. The van der Waals surface area contributed by atoms with Crippen LogP contribution in [0.5, 0.6) is 0 Å². The van der Waals surface area contributed by atoms with Gasteiger partial charge in [-0.3, -0.25) is 9.28 Å². The third-order valence-electron chi connectivity index (χ3n) is 3.71. The summed E-state index contributed by atoms with van der Waals surface area (Å²) in [5, 5.41) is 4.27. The molecule has 0 saturated carbocycles. The molecular formula is C17H18N2O3S2. The van der Waals surface area contributed by atoms with Crippen molar-refractivity contribution >= 4 is 33.1 Å². The summed E-state index contributed by atoms with van der Waals surface area (Å²) in [6.07, 6.45) is 6.03. The Labute approximate surface area is 146 Å². The van der Waals surface area contributed by atoms with Crippen LogP contribution < -0.4 is 0 Å². The summed E-state index contributed by atoms with van der Waals surface area (Å²) < 4.78 is 27.8. The maximum atomic E-state index is 11.5. The number of thioether (sulfide) groups is 1. The Bertz CT molecular complexity index is 868. The van der Waals surface area contributed by atoms with Crippen LogP contribution >= 0.6 is 11.8 Å². The highest BCUT2D eigenvalue weighted by Gasteiger charge is 2.27. The number of aryl methyl sites for hydroxylation is 1. The van der Waals surface area contributed by atoms with Crippen LogP contribution in [-0.2, 0) is 14.4 Å². The molecule has 2 aliphatic rings. The number of nitrogens with zero attached hydrogens (tertiary/aromatic N) is 2. The molecule has 0 spiro atoms. The van der Waals surface area contributed by atoms with E-state index in [-0.39, 0.29) is 11.8 Å². The van der Waals surface area contributed by atoms with Crippen molar-refractivity contribution in [3.63, 3.8) is 0 Å². The predicted molar refractivity (Wildman–Crippen MR) is 98.8 cm³/mol. The van der Waals surface area contributed by atoms with E-state index in [0.717, 1.165) is 10.5 Å².